The highest BCUT2D eigenvalue weighted by atomic mass is 35.5. The van der Waals surface area contributed by atoms with Crippen molar-refractivity contribution in [3.63, 3.8) is 0 Å². The Kier molecular flexibility index (Phi) is 12.1. The van der Waals surface area contributed by atoms with Crippen molar-refractivity contribution in [1.82, 2.24) is 25.0 Å². The summed E-state index contributed by atoms with van der Waals surface area (Å²) in [5, 5.41) is 29.6. The van der Waals surface area contributed by atoms with E-state index in [1.165, 1.54) is 0 Å². The number of pyridine rings is 1. The number of benzene rings is 3. The SMILES string of the molecule is COc1cc(-n2ncc3c(-c4cccc(-c5cc(C)c(CN(C)C6CCC(C(=O)O)CC6)c(OC)n5)c4Cl)cccc32)cc(OC)c1CN[C@@H]1CCOC[C@@H]1O. The standard InChI is InChI=1S/C43H50ClN5O7/c1-25-18-36(47-42(55-5)34(25)23-48(2)27-14-12-26(13-15-27)43(51)52)31-10-6-9-30(41(31)44)29-8-7-11-37-32(29)22-46-49(37)28-19-39(53-3)33(40(20-28)54-4)21-45-35-16-17-56-24-38(35)50/h6-11,18-20,22,26-27,35,38,45,50H,12-17,21,23-24H2,1-5H3,(H,51,52)/t26?,27?,35-,38+/m1/s1. The zero-order chi connectivity index (χ0) is 39.5. The number of carbonyl (C=O) groups is 1. The van der Waals surface area contributed by atoms with Crippen LogP contribution in [0, 0.1) is 12.8 Å². The van der Waals surface area contributed by atoms with Crippen molar-refractivity contribution in [2.45, 2.75) is 70.3 Å². The number of aryl methyl sites for hydroxylation is 1. The van der Waals surface area contributed by atoms with Gasteiger partial charge >= 0.3 is 5.97 Å². The van der Waals surface area contributed by atoms with Crippen molar-refractivity contribution in [3.8, 4) is 45.5 Å². The first-order valence-electron chi connectivity index (χ1n) is 19.1. The third-order valence-corrected chi connectivity index (χ3v) is 11.9. The molecule has 5 aromatic rings. The molecule has 0 radical (unpaired) electrons. The number of rotatable bonds is 13. The highest BCUT2D eigenvalue weighted by Gasteiger charge is 2.29. The molecular formula is C43H50ClN5O7. The number of halogens is 1. The highest BCUT2D eigenvalue weighted by molar-refractivity contribution is 6.36. The summed E-state index contributed by atoms with van der Waals surface area (Å²) in [6.07, 6.45) is 5.08. The molecule has 1 saturated heterocycles. The van der Waals surface area contributed by atoms with Crippen LogP contribution in [0.5, 0.6) is 17.4 Å². The Labute approximate surface area is 332 Å². The van der Waals surface area contributed by atoms with Gasteiger partial charge in [-0.15, -0.1) is 0 Å². The van der Waals surface area contributed by atoms with E-state index in [4.69, 9.17) is 40.6 Å². The van der Waals surface area contributed by atoms with E-state index in [9.17, 15) is 15.0 Å². The molecule has 0 unspecified atom stereocenters. The minimum Gasteiger partial charge on any atom is -0.496 e. The van der Waals surface area contributed by atoms with Gasteiger partial charge in [0.2, 0.25) is 5.88 Å². The number of carboxylic acid groups (broad SMARTS) is 1. The maximum atomic E-state index is 11.5. The molecule has 0 bridgehead atoms. The molecule has 12 nitrogen and oxygen atoms in total. The summed E-state index contributed by atoms with van der Waals surface area (Å²) >= 11 is 7.28. The van der Waals surface area contributed by atoms with Crippen LogP contribution in [-0.2, 0) is 22.6 Å². The Balaban J connectivity index is 1.17. The zero-order valence-electron chi connectivity index (χ0n) is 32.5. The predicted octanol–water partition coefficient (Wildman–Crippen LogP) is 7.06. The number of aliphatic carboxylic acids is 1. The van der Waals surface area contributed by atoms with Gasteiger partial charge in [0, 0.05) is 66.0 Å². The maximum Gasteiger partial charge on any atom is 0.306 e. The topological polar surface area (TPSA) is 140 Å². The maximum absolute atomic E-state index is 11.5. The van der Waals surface area contributed by atoms with E-state index in [2.05, 4.69) is 30.3 Å². The third-order valence-electron chi connectivity index (χ3n) is 11.5. The Morgan fingerprint density at radius 2 is 1.66 bits per heavy atom. The minimum absolute atomic E-state index is 0.0889. The number of aromatic nitrogens is 3. The number of ether oxygens (including phenoxy) is 4. The normalized spacial score (nSPS) is 20.0. The van der Waals surface area contributed by atoms with Crippen LogP contribution in [0.3, 0.4) is 0 Å². The van der Waals surface area contributed by atoms with Gasteiger partial charge < -0.3 is 34.5 Å². The average Bonchev–Trinajstić information content (AvgIpc) is 3.65. The lowest BCUT2D eigenvalue weighted by atomic mass is 9.85. The molecule has 0 spiro atoms. The Hall–Kier alpha value is -4.72. The van der Waals surface area contributed by atoms with E-state index < -0.39 is 12.1 Å². The smallest absolute Gasteiger partial charge is 0.306 e. The fourth-order valence-corrected chi connectivity index (χ4v) is 8.53. The van der Waals surface area contributed by atoms with Gasteiger partial charge in [0.15, 0.2) is 0 Å². The molecule has 3 heterocycles. The first-order chi connectivity index (χ1) is 27.1. The lowest BCUT2D eigenvalue weighted by molar-refractivity contribution is -0.143. The molecule has 296 valence electrons. The number of hydrogen-bond donors (Lipinski definition) is 3. The molecule has 2 atom stereocenters. The summed E-state index contributed by atoms with van der Waals surface area (Å²) in [6.45, 7) is 4.07. The van der Waals surface area contributed by atoms with E-state index in [0.717, 1.165) is 62.8 Å². The number of aliphatic hydroxyl groups is 1. The van der Waals surface area contributed by atoms with Crippen molar-refractivity contribution in [2.24, 2.45) is 5.92 Å². The van der Waals surface area contributed by atoms with Gasteiger partial charge in [0.05, 0.1) is 73.6 Å². The second kappa shape index (κ2) is 17.2. The molecule has 3 aromatic carbocycles. The van der Waals surface area contributed by atoms with Crippen LogP contribution in [0.4, 0.5) is 0 Å². The van der Waals surface area contributed by atoms with Crippen LogP contribution in [0.2, 0.25) is 5.02 Å². The monoisotopic (exact) mass is 783 g/mol. The first-order valence-corrected chi connectivity index (χ1v) is 19.5. The van der Waals surface area contributed by atoms with Gasteiger partial charge in [-0.2, -0.15) is 5.10 Å². The van der Waals surface area contributed by atoms with Crippen molar-refractivity contribution < 1.29 is 34.0 Å². The number of methoxy groups -OCH3 is 3. The van der Waals surface area contributed by atoms with Crippen molar-refractivity contribution in [2.75, 3.05) is 41.6 Å². The summed E-state index contributed by atoms with van der Waals surface area (Å²) in [4.78, 5) is 18.7. The molecule has 7 rings (SSSR count). The number of fused-ring (bicyclic) bond motifs is 1. The van der Waals surface area contributed by atoms with Crippen LogP contribution in [0.15, 0.2) is 60.8 Å². The van der Waals surface area contributed by atoms with Crippen LogP contribution in [-0.4, -0.2) is 95.6 Å². The number of nitrogens with zero attached hydrogens (tertiary/aromatic N) is 4. The van der Waals surface area contributed by atoms with Gasteiger partial charge in [-0.1, -0.05) is 41.9 Å². The second-order valence-electron chi connectivity index (χ2n) is 14.8. The van der Waals surface area contributed by atoms with E-state index in [-0.39, 0.29) is 12.0 Å². The Morgan fingerprint density at radius 3 is 2.34 bits per heavy atom. The predicted molar refractivity (Wildman–Crippen MR) is 216 cm³/mol. The van der Waals surface area contributed by atoms with Gasteiger partial charge in [-0.25, -0.2) is 9.67 Å². The Morgan fingerprint density at radius 1 is 0.964 bits per heavy atom. The minimum atomic E-state index is -0.695. The lowest BCUT2D eigenvalue weighted by Gasteiger charge is -2.34. The zero-order valence-corrected chi connectivity index (χ0v) is 33.3. The molecular weight excluding hydrogens is 734 g/mol. The summed E-state index contributed by atoms with van der Waals surface area (Å²) < 4.78 is 24.8. The summed E-state index contributed by atoms with van der Waals surface area (Å²) in [6, 6.07) is 18.2. The van der Waals surface area contributed by atoms with E-state index in [1.807, 2.05) is 59.4 Å². The second-order valence-corrected chi connectivity index (χ2v) is 15.2. The molecule has 13 heteroatoms. The molecule has 2 aromatic heterocycles. The lowest BCUT2D eigenvalue weighted by Crippen LogP contribution is -2.46. The van der Waals surface area contributed by atoms with Crippen molar-refractivity contribution in [1.29, 1.82) is 0 Å². The van der Waals surface area contributed by atoms with Crippen molar-refractivity contribution >= 4 is 28.5 Å². The molecule has 3 N–H and O–H groups in total. The summed E-state index contributed by atoms with van der Waals surface area (Å²) in [5.41, 5.74) is 7.80. The van der Waals surface area contributed by atoms with E-state index in [0.29, 0.717) is 79.7 Å². The van der Waals surface area contributed by atoms with Crippen molar-refractivity contribution in [3.05, 3.63) is 82.5 Å². The molecule has 1 saturated carbocycles. The number of nitrogens with one attached hydrogen (secondary N) is 1. The molecule has 56 heavy (non-hydrogen) atoms. The van der Waals surface area contributed by atoms with Crippen LogP contribution in [0.1, 0.15) is 48.8 Å². The third kappa shape index (κ3) is 7.94. The quantitative estimate of drug-likeness (QED) is 0.113. The van der Waals surface area contributed by atoms with E-state index >= 15 is 0 Å². The molecule has 1 aliphatic carbocycles. The van der Waals surface area contributed by atoms with Crippen LogP contribution in [0.25, 0.3) is 39.0 Å². The largest absolute Gasteiger partial charge is 0.496 e. The molecule has 0 amide bonds. The number of hydrogen-bond acceptors (Lipinski definition) is 10. The number of carboxylic acids is 1. The molecule has 1 aliphatic heterocycles. The van der Waals surface area contributed by atoms with Crippen LogP contribution < -0.4 is 19.5 Å². The highest BCUT2D eigenvalue weighted by Crippen LogP contribution is 2.41. The average molecular weight is 784 g/mol. The fraction of sp³-hybridized carbons (Fsp3) is 0.419. The van der Waals surface area contributed by atoms with Gasteiger partial charge in [0.1, 0.15) is 11.5 Å². The summed E-state index contributed by atoms with van der Waals surface area (Å²) in [7, 11) is 6.99. The van der Waals surface area contributed by atoms with E-state index in [1.54, 1.807) is 21.3 Å². The van der Waals surface area contributed by atoms with Gasteiger partial charge in [-0.3, -0.25) is 9.69 Å². The molecule has 2 fully saturated rings. The van der Waals surface area contributed by atoms with Gasteiger partial charge in [-0.05, 0) is 69.3 Å². The summed E-state index contributed by atoms with van der Waals surface area (Å²) in [5.74, 6) is 0.883. The van der Waals surface area contributed by atoms with Gasteiger partial charge in [0.25, 0.3) is 0 Å². The first kappa shape index (κ1) is 39.5. The molecule has 2 aliphatic rings. The Bertz CT molecular complexity index is 2180. The fourth-order valence-electron chi connectivity index (χ4n) is 8.20. The number of aliphatic hydroxyl groups excluding tert-OH is 1. The van der Waals surface area contributed by atoms with Crippen LogP contribution >= 0.6 is 11.6 Å².